The Kier molecular flexibility index (Phi) is 4.39. The highest BCUT2D eigenvalue weighted by Gasteiger charge is 2.21. The number of nitrogens with zero attached hydrogens (tertiary/aromatic N) is 4. The summed E-state index contributed by atoms with van der Waals surface area (Å²) in [6.07, 6.45) is 0. The second-order valence-corrected chi connectivity index (χ2v) is 7.51. The van der Waals surface area contributed by atoms with Crippen molar-refractivity contribution in [2.75, 3.05) is 18.5 Å². The zero-order valence-corrected chi connectivity index (χ0v) is 15.8. The van der Waals surface area contributed by atoms with Crippen LogP contribution in [0.5, 0.6) is 5.75 Å². The average Bonchev–Trinajstić information content (AvgIpc) is 3.09. The Hall–Kier alpha value is -3.15. The Balaban J connectivity index is 1.43. The third-order valence-electron chi connectivity index (χ3n) is 4.35. The number of ether oxygens (including phenoxy) is 1. The Bertz CT molecular complexity index is 1080. The molecule has 2 aromatic heterocycles. The summed E-state index contributed by atoms with van der Waals surface area (Å²) in [6, 6.07) is 18.2. The molecule has 0 aliphatic rings. The minimum Gasteiger partial charge on any atom is -0.491 e. The highest BCUT2D eigenvalue weighted by atomic mass is 16.5. The molecule has 27 heavy (non-hydrogen) atoms. The van der Waals surface area contributed by atoms with Crippen LogP contribution < -0.4 is 10.1 Å². The molecule has 0 bridgehead atoms. The largest absolute Gasteiger partial charge is 0.491 e. The first-order valence-electron chi connectivity index (χ1n) is 9.10. The number of nitrogens with one attached hydrogen (secondary N) is 1. The van der Waals surface area contributed by atoms with Crippen LogP contribution in [-0.4, -0.2) is 33.0 Å². The summed E-state index contributed by atoms with van der Waals surface area (Å²) < 4.78 is 7.77. The summed E-state index contributed by atoms with van der Waals surface area (Å²) >= 11 is 0. The van der Waals surface area contributed by atoms with E-state index in [4.69, 9.17) is 4.74 Å². The van der Waals surface area contributed by atoms with E-state index < -0.39 is 0 Å². The van der Waals surface area contributed by atoms with Crippen molar-refractivity contribution >= 4 is 22.2 Å². The molecule has 0 unspecified atom stereocenters. The van der Waals surface area contributed by atoms with Crippen LogP contribution >= 0.6 is 0 Å². The van der Waals surface area contributed by atoms with E-state index in [1.54, 1.807) is 4.52 Å². The van der Waals surface area contributed by atoms with Crippen molar-refractivity contribution in [3.8, 4) is 5.75 Å². The van der Waals surface area contributed by atoms with Gasteiger partial charge in [0.05, 0.1) is 6.54 Å². The zero-order valence-electron chi connectivity index (χ0n) is 15.8. The Morgan fingerprint density at radius 3 is 2.63 bits per heavy atom. The molecule has 4 aromatic rings. The maximum absolute atomic E-state index is 5.97. The number of aromatic nitrogens is 4. The van der Waals surface area contributed by atoms with Gasteiger partial charge < -0.3 is 10.1 Å². The fourth-order valence-corrected chi connectivity index (χ4v) is 3.01. The molecule has 0 aliphatic heterocycles. The first kappa shape index (κ1) is 17.3. The van der Waals surface area contributed by atoms with Crippen molar-refractivity contribution in [3.05, 3.63) is 60.4 Å². The summed E-state index contributed by atoms with van der Waals surface area (Å²) in [5, 5.41) is 18.7. The lowest BCUT2D eigenvalue weighted by atomic mass is 9.96. The molecule has 0 fully saturated rings. The Morgan fingerprint density at radius 1 is 0.963 bits per heavy atom. The van der Waals surface area contributed by atoms with Crippen LogP contribution in [0.4, 0.5) is 5.82 Å². The van der Waals surface area contributed by atoms with E-state index in [-0.39, 0.29) is 5.41 Å². The fraction of sp³-hybridized carbons (Fsp3) is 0.286. The van der Waals surface area contributed by atoms with Crippen LogP contribution in [0, 0.1) is 0 Å². The summed E-state index contributed by atoms with van der Waals surface area (Å²) in [7, 11) is 0. The lowest BCUT2D eigenvalue weighted by Gasteiger charge is -2.15. The van der Waals surface area contributed by atoms with E-state index in [1.807, 2.05) is 36.4 Å². The Morgan fingerprint density at radius 2 is 1.78 bits per heavy atom. The quantitative estimate of drug-likeness (QED) is 0.543. The number of hydrogen-bond donors (Lipinski definition) is 1. The summed E-state index contributed by atoms with van der Waals surface area (Å²) in [4.78, 5) is 0. The minimum absolute atomic E-state index is 0.123. The first-order chi connectivity index (χ1) is 13.0. The van der Waals surface area contributed by atoms with Crippen molar-refractivity contribution in [1.82, 2.24) is 19.8 Å². The lowest BCUT2D eigenvalue weighted by molar-refractivity contribution is 0.336. The number of hydrogen-bond acceptors (Lipinski definition) is 5. The molecule has 0 saturated carbocycles. The highest BCUT2D eigenvalue weighted by molar-refractivity contribution is 5.88. The number of fused-ring (bicyclic) bond motifs is 2. The topological polar surface area (TPSA) is 64.3 Å². The molecule has 0 atom stereocenters. The van der Waals surface area contributed by atoms with Gasteiger partial charge in [0.25, 0.3) is 0 Å². The molecular formula is C21H23N5O. The van der Waals surface area contributed by atoms with Gasteiger partial charge in [-0.1, -0.05) is 57.2 Å². The van der Waals surface area contributed by atoms with Gasteiger partial charge in [0.2, 0.25) is 0 Å². The van der Waals surface area contributed by atoms with E-state index in [9.17, 15) is 0 Å². The van der Waals surface area contributed by atoms with Crippen LogP contribution in [0.1, 0.15) is 26.6 Å². The predicted molar refractivity (Wildman–Crippen MR) is 107 cm³/mol. The standard InChI is InChI=1S/C21H23N5O/c1-21(2,3)20-24-23-19-12-11-18(25-26(19)20)22-13-14-27-17-10-6-8-15-7-4-5-9-16(15)17/h4-12H,13-14H2,1-3H3,(H,22,25). The SMILES string of the molecule is CC(C)(C)c1nnc2ccc(NCCOc3cccc4ccccc34)nn12. The van der Waals surface area contributed by atoms with Gasteiger partial charge in [0.15, 0.2) is 11.5 Å². The second kappa shape index (κ2) is 6.87. The van der Waals surface area contributed by atoms with Gasteiger partial charge in [-0.15, -0.1) is 15.3 Å². The average molecular weight is 361 g/mol. The number of anilines is 1. The van der Waals surface area contributed by atoms with E-state index in [0.29, 0.717) is 13.2 Å². The predicted octanol–water partition coefficient (Wildman–Crippen LogP) is 4.07. The lowest BCUT2D eigenvalue weighted by Crippen LogP contribution is -2.18. The van der Waals surface area contributed by atoms with Gasteiger partial charge in [0, 0.05) is 10.8 Å². The van der Waals surface area contributed by atoms with Crippen LogP contribution in [0.15, 0.2) is 54.6 Å². The van der Waals surface area contributed by atoms with Gasteiger partial charge in [-0.25, -0.2) is 0 Å². The van der Waals surface area contributed by atoms with Gasteiger partial charge in [-0.2, -0.15) is 4.52 Å². The molecule has 4 rings (SSSR count). The molecule has 6 nitrogen and oxygen atoms in total. The number of rotatable bonds is 5. The molecule has 0 spiro atoms. The van der Waals surface area contributed by atoms with E-state index >= 15 is 0 Å². The zero-order chi connectivity index (χ0) is 18.9. The van der Waals surface area contributed by atoms with E-state index in [1.165, 1.54) is 5.39 Å². The molecule has 0 radical (unpaired) electrons. The summed E-state index contributed by atoms with van der Waals surface area (Å²) in [5.41, 5.74) is 0.625. The van der Waals surface area contributed by atoms with Crippen LogP contribution in [0.2, 0.25) is 0 Å². The van der Waals surface area contributed by atoms with Crippen molar-refractivity contribution in [3.63, 3.8) is 0 Å². The Labute approximate surface area is 158 Å². The normalized spacial score (nSPS) is 11.8. The summed E-state index contributed by atoms with van der Waals surface area (Å²) in [6.45, 7) is 7.49. The fourth-order valence-electron chi connectivity index (χ4n) is 3.01. The molecule has 0 aliphatic carbocycles. The van der Waals surface area contributed by atoms with Crippen molar-refractivity contribution in [2.45, 2.75) is 26.2 Å². The van der Waals surface area contributed by atoms with Gasteiger partial charge in [-0.05, 0) is 23.6 Å². The highest BCUT2D eigenvalue weighted by Crippen LogP contribution is 2.25. The molecule has 2 heterocycles. The molecule has 138 valence electrons. The van der Waals surface area contributed by atoms with Crippen LogP contribution in [0.25, 0.3) is 16.4 Å². The first-order valence-corrected chi connectivity index (χ1v) is 9.10. The third kappa shape index (κ3) is 3.56. The molecule has 0 saturated heterocycles. The molecular weight excluding hydrogens is 338 g/mol. The smallest absolute Gasteiger partial charge is 0.178 e. The number of benzene rings is 2. The molecule has 6 heteroatoms. The minimum atomic E-state index is -0.123. The van der Waals surface area contributed by atoms with E-state index in [0.717, 1.165) is 28.4 Å². The van der Waals surface area contributed by atoms with Crippen LogP contribution in [0.3, 0.4) is 0 Å². The van der Waals surface area contributed by atoms with Crippen molar-refractivity contribution < 1.29 is 4.74 Å². The van der Waals surface area contributed by atoms with Gasteiger partial charge in [-0.3, -0.25) is 0 Å². The van der Waals surface area contributed by atoms with Crippen molar-refractivity contribution in [2.24, 2.45) is 0 Å². The van der Waals surface area contributed by atoms with E-state index in [2.05, 4.69) is 59.6 Å². The maximum atomic E-state index is 5.97. The summed E-state index contributed by atoms with van der Waals surface area (Å²) in [5.74, 6) is 2.51. The van der Waals surface area contributed by atoms with Gasteiger partial charge in [0.1, 0.15) is 18.2 Å². The molecule has 2 aromatic carbocycles. The maximum Gasteiger partial charge on any atom is 0.178 e. The third-order valence-corrected chi connectivity index (χ3v) is 4.35. The van der Waals surface area contributed by atoms with Gasteiger partial charge >= 0.3 is 0 Å². The second-order valence-electron chi connectivity index (χ2n) is 7.51. The van der Waals surface area contributed by atoms with Crippen LogP contribution in [-0.2, 0) is 5.41 Å². The van der Waals surface area contributed by atoms with Crippen molar-refractivity contribution in [1.29, 1.82) is 0 Å². The molecule has 0 amide bonds. The monoisotopic (exact) mass is 361 g/mol. The molecule has 1 N–H and O–H groups in total.